The van der Waals surface area contributed by atoms with E-state index in [1.807, 2.05) is 29.2 Å². The van der Waals surface area contributed by atoms with Crippen molar-refractivity contribution in [3.63, 3.8) is 0 Å². The molecule has 0 bridgehead atoms. The molecule has 0 aliphatic carbocycles. The van der Waals surface area contributed by atoms with Crippen molar-refractivity contribution in [1.29, 1.82) is 0 Å². The van der Waals surface area contributed by atoms with Gasteiger partial charge in [-0.25, -0.2) is 0 Å². The normalized spacial score (nSPS) is 19.5. The second kappa shape index (κ2) is 8.39. The van der Waals surface area contributed by atoms with Crippen LogP contribution in [0.3, 0.4) is 0 Å². The number of likely N-dealkylation sites (tertiary alicyclic amines) is 2. The highest BCUT2D eigenvalue weighted by Crippen LogP contribution is 2.31. The van der Waals surface area contributed by atoms with Crippen molar-refractivity contribution >= 4 is 12.0 Å². The van der Waals surface area contributed by atoms with E-state index in [0.717, 1.165) is 31.5 Å². The fraction of sp³-hybridized carbons (Fsp3) is 0.550. The molecular weight excluding hydrogens is 316 g/mol. The maximum atomic E-state index is 12.5. The molecule has 0 saturated carbocycles. The van der Waals surface area contributed by atoms with Gasteiger partial charge in [0.25, 0.3) is 0 Å². The molecule has 2 saturated heterocycles. The van der Waals surface area contributed by atoms with Crippen molar-refractivity contribution in [2.45, 2.75) is 31.7 Å². The van der Waals surface area contributed by atoms with Gasteiger partial charge < -0.3 is 19.3 Å². The predicted molar refractivity (Wildman–Crippen MR) is 99.0 cm³/mol. The third kappa shape index (κ3) is 4.15. The summed E-state index contributed by atoms with van der Waals surface area (Å²) in [7, 11) is 3.22. The van der Waals surface area contributed by atoms with Crippen LogP contribution < -0.4 is 9.47 Å². The topological polar surface area (TPSA) is 42.0 Å². The van der Waals surface area contributed by atoms with Gasteiger partial charge in [-0.2, -0.15) is 0 Å². The van der Waals surface area contributed by atoms with E-state index in [-0.39, 0.29) is 5.91 Å². The second-order valence-electron chi connectivity index (χ2n) is 6.72. The van der Waals surface area contributed by atoms with Gasteiger partial charge in [-0.15, -0.1) is 0 Å². The smallest absolute Gasteiger partial charge is 0.246 e. The maximum Gasteiger partial charge on any atom is 0.246 e. The summed E-state index contributed by atoms with van der Waals surface area (Å²) in [5, 5.41) is 0. The molecule has 2 heterocycles. The van der Waals surface area contributed by atoms with Crippen LogP contribution in [0.2, 0.25) is 0 Å². The van der Waals surface area contributed by atoms with E-state index in [0.29, 0.717) is 17.5 Å². The lowest BCUT2D eigenvalue weighted by atomic mass is 10.0. The van der Waals surface area contributed by atoms with Gasteiger partial charge >= 0.3 is 0 Å². The molecule has 5 nitrogen and oxygen atoms in total. The standard InChI is InChI=1S/C20H28N2O3/c1-24-18-7-5-6-16(20(18)25-2)8-9-19(23)22-14-10-17(11-15-22)21-12-3-4-13-21/h5-9,17H,3-4,10-15H2,1-2H3/b9-8+. The van der Waals surface area contributed by atoms with Crippen LogP contribution in [0.25, 0.3) is 6.08 Å². The van der Waals surface area contributed by atoms with Crippen molar-refractivity contribution in [2.24, 2.45) is 0 Å². The van der Waals surface area contributed by atoms with Gasteiger partial charge in [0.2, 0.25) is 5.91 Å². The number of amides is 1. The highest BCUT2D eigenvalue weighted by molar-refractivity contribution is 5.92. The fourth-order valence-corrected chi connectivity index (χ4v) is 3.87. The van der Waals surface area contributed by atoms with Crippen LogP contribution in [-0.4, -0.2) is 62.1 Å². The predicted octanol–water partition coefficient (Wildman–Crippen LogP) is 2.80. The van der Waals surface area contributed by atoms with Gasteiger partial charge in [0, 0.05) is 30.8 Å². The zero-order chi connectivity index (χ0) is 17.6. The lowest BCUT2D eigenvalue weighted by Gasteiger charge is -2.36. The van der Waals surface area contributed by atoms with Gasteiger partial charge in [-0.3, -0.25) is 4.79 Å². The summed E-state index contributed by atoms with van der Waals surface area (Å²) in [4.78, 5) is 17.1. The van der Waals surface area contributed by atoms with E-state index < -0.39 is 0 Å². The molecule has 1 amide bonds. The monoisotopic (exact) mass is 344 g/mol. The van der Waals surface area contributed by atoms with Gasteiger partial charge in [0.1, 0.15) is 0 Å². The van der Waals surface area contributed by atoms with Crippen LogP contribution in [0, 0.1) is 0 Å². The maximum absolute atomic E-state index is 12.5. The minimum Gasteiger partial charge on any atom is -0.493 e. The fourth-order valence-electron chi connectivity index (χ4n) is 3.87. The van der Waals surface area contributed by atoms with Crippen molar-refractivity contribution in [3.05, 3.63) is 29.8 Å². The van der Waals surface area contributed by atoms with Crippen molar-refractivity contribution in [1.82, 2.24) is 9.80 Å². The third-order valence-corrected chi connectivity index (χ3v) is 5.27. The van der Waals surface area contributed by atoms with Crippen LogP contribution in [0.5, 0.6) is 11.5 Å². The Labute approximate surface area is 150 Å². The Balaban J connectivity index is 1.58. The minimum absolute atomic E-state index is 0.0738. The van der Waals surface area contributed by atoms with Crippen LogP contribution in [0.4, 0.5) is 0 Å². The summed E-state index contributed by atoms with van der Waals surface area (Å²) in [6, 6.07) is 6.33. The molecule has 25 heavy (non-hydrogen) atoms. The zero-order valence-electron chi connectivity index (χ0n) is 15.2. The van der Waals surface area contributed by atoms with Crippen LogP contribution in [-0.2, 0) is 4.79 Å². The third-order valence-electron chi connectivity index (χ3n) is 5.27. The van der Waals surface area contributed by atoms with Crippen molar-refractivity contribution in [2.75, 3.05) is 40.4 Å². The molecule has 0 N–H and O–H groups in total. The number of carbonyl (C=O) groups excluding carboxylic acids is 1. The van der Waals surface area contributed by atoms with Crippen LogP contribution in [0.15, 0.2) is 24.3 Å². The highest BCUT2D eigenvalue weighted by Gasteiger charge is 2.27. The number of hydrogen-bond donors (Lipinski definition) is 0. The Kier molecular flexibility index (Phi) is 5.97. The first kappa shape index (κ1) is 17.8. The first-order valence-corrected chi connectivity index (χ1v) is 9.15. The van der Waals surface area contributed by atoms with Crippen molar-refractivity contribution < 1.29 is 14.3 Å². The molecule has 0 atom stereocenters. The van der Waals surface area contributed by atoms with E-state index >= 15 is 0 Å². The number of carbonyl (C=O) groups is 1. The molecule has 2 aliphatic rings. The van der Waals surface area contributed by atoms with E-state index in [2.05, 4.69) is 4.90 Å². The number of nitrogens with zero attached hydrogens (tertiary/aromatic N) is 2. The molecule has 5 heteroatoms. The molecule has 0 unspecified atom stereocenters. The summed E-state index contributed by atoms with van der Waals surface area (Å²) in [6.07, 6.45) is 8.28. The number of benzene rings is 1. The molecule has 2 aliphatic heterocycles. The molecule has 136 valence electrons. The summed E-state index contributed by atoms with van der Waals surface area (Å²) in [5.41, 5.74) is 0.849. The first-order valence-electron chi connectivity index (χ1n) is 9.15. The first-order chi connectivity index (χ1) is 12.2. The largest absolute Gasteiger partial charge is 0.493 e. The molecule has 2 fully saturated rings. The number of ether oxygens (including phenoxy) is 2. The van der Waals surface area contributed by atoms with Crippen LogP contribution in [0.1, 0.15) is 31.2 Å². The zero-order valence-corrected chi connectivity index (χ0v) is 15.2. The van der Waals surface area contributed by atoms with E-state index in [1.165, 1.54) is 25.9 Å². The summed E-state index contributed by atoms with van der Waals surface area (Å²) in [6.45, 7) is 4.15. The lowest BCUT2D eigenvalue weighted by molar-refractivity contribution is -0.127. The van der Waals surface area contributed by atoms with E-state index in [1.54, 1.807) is 20.3 Å². The number of hydrogen-bond acceptors (Lipinski definition) is 4. The number of rotatable bonds is 5. The Hall–Kier alpha value is -2.01. The summed E-state index contributed by atoms with van der Waals surface area (Å²) >= 11 is 0. The molecular formula is C20H28N2O3. The summed E-state index contributed by atoms with van der Waals surface area (Å²) in [5.74, 6) is 1.40. The van der Waals surface area contributed by atoms with Crippen LogP contribution >= 0.6 is 0 Å². The quantitative estimate of drug-likeness (QED) is 0.771. The van der Waals surface area contributed by atoms with Gasteiger partial charge in [-0.05, 0) is 50.9 Å². The Morgan fingerprint density at radius 2 is 1.80 bits per heavy atom. The van der Waals surface area contributed by atoms with E-state index in [9.17, 15) is 4.79 Å². The van der Waals surface area contributed by atoms with E-state index in [4.69, 9.17) is 9.47 Å². The minimum atomic E-state index is 0.0738. The average Bonchev–Trinajstić information content (AvgIpc) is 3.20. The molecule has 1 aromatic carbocycles. The van der Waals surface area contributed by atoms with Gasteiger partial charge in [0.05, 0.1) is 14.2 Å². The Morgan fingerprint density at radius 1 is 1.08 bits per heavy atom. The number of para-hydroxylation sites is 1. The van der Waals surface area contributed by atoms with Gasteiger partial charge in [0.15, 0.2) is 11.5 Å². The molecule has 1 aromatic rings. The van der Waals surface area contributed by atoms with Gasteiger partial charge in [-0.1, -0.05) is 12.1 Å². The lowest BCUT2D eigenvalue weighted by Crippen LogP contribution is -2.45. The molecule has 3 rings (SSSR count). The second-order valence-corrected chi connectivity index (χ2v) is 6.72. The molecule has 0 aromatic heterocycles. The highest BCUT2D eigenvalue weighted by atomic mass is 16.5. The average molecular weight is 344 g/mol. The number of piperidine rings is 1. The summed E-state index contributed by atoms with van der Waals surface area (Å²) < 4.78 is 10.7. The molecule has 0 radical (unpaired) electrons. The Bertz CT molecular complexity index is 615. The molecule has 0 spiro atoms. The Morgan fingerprint density at radius 3 is 2.44 bits per heavy atom. The van der Waals surface area contributed by atoms with Crippen molar-refractivity contribution in [3.8, 4) is 11.5 Å². The number of methoxy groups -OCH3 is 2. The SMILES string of the molecule is COc1cccc(/C=C/C(=O)N2CCC(N3CCCC3)CC2)c1OC.